The second-order valence-corrected chi connectivity index (χ2v) is 9.24. The third-order valence-electron chi connectivity index (χ3n) is 3.75. The summed E-state index contributed by atoms with van der Waals surface area (Å²) in [7, 11) is -7.41. The van der Waals surface area contributed by atoms with Crippen molar-refractivity contribution in [3.63, 3.8) is 0 Å². The van der Waals surface area contributed by atoms with Crippen molar-refractivity contribution < 1.29 is 16.8 Å². The fourth-order valence-corrected chi connectivity index (χ4v) is 5.33. The molecule has 1 heterocycles. The number of sulfonamides is 2. The summed E-state index contributed by atoms with van der Waals surface area (Å²) >= 11 is 0. The molecule has 2 N–H and O–H groups in total. The second-order valence-electron chi connectivity index (χ2n) is 5.49. The average molecular weight is 332 g/mol. The van der Waals surface area contributed by atoms with Crippen LogP contribution >= 0.6 is 0 Å². The first-order valence-corrected chi connectivity index (χ1v) is 9.76. The minimum absolute atomic E-state index is 0.0749. The van der Waals surface area contributed by atoms with Crippen LogP contribution in [0.15, 0.2) is 23.1 Å². The van der Waals surface area contributed by atoms with Crippen LogP contribution in [0.2, 0.25) is 0 Å². The molecular weight excluding hydrogens is 312 g/mol. The topological polar surface area (TPSA) is 97.5 Å². The van der Waals surface area contributed by atoms with Crippen molar-refractivity contribution in [3.8, 4) is 0 Å². The van der Waals surface area contributed by atoms with Crippen molar-refractivity contribution in [1.29, 1.82) is 0 Å². The minimum Gasteiger partial charge on any atom is -0.228 e. The molecule has 1 aromatic carbocycles. The first-order chi connectivity index (χ1) is 9.62. The summed E-state index contributed by atoms with van der Waals surface area (Å²) in [6.07, 6.45) is 0.892. The summed E-state index contributed by atoms with van der Waals surface area (Å²) in [5.74, 6) is 0. The molecule has 1 unspecified atom stereocenters. The summed E-state index contributed by atoms with van der Waals surface area (Å²) in [6.45, 7) is 3.87. The number of benzene rings is 1. The van der Waals surface area contributed by atoms with Crippen LogP contribution < -0.4 is 5.14 Å². The van der Waals surface area contributed by atoms with E-state index in [1.807, 2.05) is 6.92 Å². The SMILES string of the molecule is Cc1ccc(S(=O)(=O)N2CCCC(S(N)(=O)=O)C2)c(C)c1. The first kappa shape index (κ1) is 16.4. The fourth-order valence-electron chi connectivity index (χ4n) is 2.62. The van der Waals surface area contributed by atoms with Gasteiger partial charge in [0.1, 0.15) is 0 Å². The van der Waals surface area contributed by atoms with Gasteiger partial charge in [-0.1, -0.05) is 17.7 Å². The summed E-state index contributed by atoms with van der Waals surface area (Å²) in [5.41, 5.74) is 1.64. The van der Waals surface area contributed by atoms with E-state index in [0.29, 0.717) is 24.9 Å². The van der Waals surface area contributed by atoms with Crippen molar-refractivity contribution in [2.45, 2.75) is 36.8 Å². The van der Waals surface area contributed by atoms with Crippen LogP contribution in [0, 0.1) is 13.8 Å². The smallest absolute Gasteiger partial charge is 0.228 e. The van der Waals surface area contributed by atoms with Gasteiger partial charge < -0.3 is 0 Å². The molecule has 0 aliphatic carbocycles. The molecule has 1 fully saturated rings. The fraction of sp³-hybridized carbons (Fsp3) is 0.538. The van der Waals surface area contributed by atoms with Gasteiger partial charge in [0.05, 0.1) is 10.1 Å². The predicted octanol–water partition coefficient (Wildman–Crippen LogP) is 0.745. The average Bonchev–Trinajstić information content (AvgIpc) is 2.37. The molecule has 0 bridgehead atoms. The quantitative estimate of drug-likeness (QED) is 0.883. The number of hydrogen-bond donors (Lipinski definition) is 1. The van der Waals surface area contributed by atoms with Crippen LogP contribution in [-0.4, -0.2) is 39.5 Å². The summed E-state index contributed by atoms with van der Waals surface area (Å²) in [6, 6.07) is 5.11. The van der Waals surface area contributed by atoms with E-state index in [0.717, 1.165) is 5.56 Å². The summed E-state index contributed by atoms with van der Waals surface area (Å²) in [4.78, 5) is 0.225. The van der Waals surface area contributed by atoms with Gasteiger partial charge in [-0.05, 0) is 38.3 Å². The van der Waals surface area contributed by atoms with Gasteiger partial charge in [-0.3, -0.25) is 0 Å². The molecule has 1 aliphatic heterocycles. The Labute approximate surface area is 126 Å². The Kier molecular flexibility index (Phi) is 4.44. The molecule has 0 amide bonds. The number of nitrogens with two attached hydrogens (primary N) is 1. The van der Waals surface area contributed by atoms with Crippen molar-refractivity contribution in [1.82, 2.24) is 4.31 Å². The van der Waals surface area contributed by atoms with Gasteiger partial charge in [-0.15, -0.1) is 0 Å². The van der Waals surface area contributed by atoms with Gasteiger partial charge >= 0.3 is 0 Å². The zero-order valence-corrected chi connectivity index (χ0v) is 13.7. The van der Waals surface area contributed by atoms with Gasteiger partial charge in [-0.2, -0.15) is 4.31 Å². The first-order valence-electron chi connectivity index (χ1n) is 6.71. The zero-order valence-electron chi connectivity index (χ0n) is 12.1. The zero-order chi connectivity index (χ0) is 15.8. The molecule has 6 nitrogen and oxygen atoms in total. The van der Waals surface area contributed by atoms with E-state index < -0.39 is 25.3 Å². The molecule has 2 rings (SSSR count). The predicted molar refractivity (Wildman–Crippen MR) is 80.8 cm³/mol. The van der Waals surface area contributed by atoms with Crippen LogP contribution in [0.5, 0.6) is 0 Å². The lowest BCUT2D eigenvalue weighted by Gasteiger charge is -2.31. The molecule has 0 saturated carbocycles. The molecular formula is C13H20N2O4S2. The van der Waals surface area contributed by atoms with Gasteiger partial charge in [0.25, 0.3) is 0 Å². The molecule has 118 valence electrons. The number of primary sulfonamides is 1. The number of piperidine rings is 1. The van der Waals surface area contributed by atoms with Crippen LogP contribution in [0.1, 0.15) is 24.0 Å². The lowest BCUT2D eigenvalue weighted by atomic mass is 10.2. The summed E-state index contributed by atoms with van der Waals surface area (Å²) < 4.78 is 49.5. The van der Waals surface area contributed by atoms with Crippen LogP contribution in [0.4, 0.5) is 0 Å². The second kappa shape index (κ2) is 5.68. The van der Waals surface area contributed by atoms with E-state index in [1.165, 1.54) is 4.31 Å². The Morgan fingerprint density at radius 2 is 1.86 bits per heavy atom. The van der Waals surface area contributed by atoms with Crippen molar-refractivity contribution in [2.75, 3.05) is 13.1 Å². The Balaban J connectivity index is 2.35. The number of nitrogens with zero attached hydrogens (tertiary/aromatic N) is 1. The normalized spacial score (nSPS) is 21.4. The molecule has 1 saturated heterocycles. The molecule has 0 spiro atoms. The highest BCUT2D eigenvalue weighted by Crippen LogP contribution is 2.25. The highest BCUT2D eigenvalue weighted by Gasteiger charge is 2.35. The van der Waals surface area contributed by atoms with Crippen molar-refractivity contribution in [2.24, 2.45) is 5.14 Å². The van der Waals surface area contributed by atoms with Gasteiger partial charge in [0, 0.05) is 13.1 Å². The Morgan fingerprint density at radius 1 is 1.19 bits per heavy atom. The van der Waals surface area contributed by atoms with Gasteiger partial charge in [0.15, 0.2) is 0 Å². The number of rotatable bonds is 3. The molecule has 1 aromatic rings. The standard InChI is InChI=1S/C13H20N2O4S2/c1-10-5-6-13(11(2)8-10)21(18,19)15-7-3-4-12(9-15)20(14,16)17/h5-6,8,12H,3-4,7,9H2,1-2H3,(H2,14,16,17). The number of aryl methyl sites for hydroxylation is 2. The van der Waals surface area contributed by atoms with E-state index in [1.54, 1.807) is 25.1 Å². The Hall–Kier alpha value is -0.960. The Bertz CT molecular complexity index is 741. The Morgan fingerprint density at radius 3 is 2.43 bits per heavy atom. The molecule has 1 aliphatic rings. The molecule has 0 aromatic heterocycles. The summed E-state index contributed by atoms with van der Waals surface area (Å²) in [5, 5.41) is 4.33. The molecule has 0 radical (unpaired) electrons. The third kappa shape index (κ3) is 3.45. The van der Waals surface area contributed by atoms with E-state index in [9.17, 15) is 16.8 Å². The highest BCUT2D eigenvalue weighted by atomic mass is 32.2. The van der Waals surface area contributed by atoms with E-state index >= 15 is 0 Å². The molecule has 1 atom stereocenters. The van der Waals surface area contributed by atoms with Crippen molar-refractivity contribution in [3.05, 3.63) is 29.3 Å². The molecule has 8 heteroatoms. The van der Waals surface area contributed by atoms with Crippen molar-refractivity contribution >= 4 is 20.0 Å². The van der Waals surface area contributed by atoms with Crippen LogP contribution in [0.3, 0.4) is 0 Å². The maximum absolute atomic E-state index is 12.7. The monoisotopic (exact) mass is 332 g/mol. The van der Waals surface area contributed by atoms with Crippen LogP contribution in [-0.2, 0) is 20.0 Å². The third-order valence-corrected chi connectivity index (χ3v) is 7.09. The van der Waals surface area contributed by atoms with E-state index in [-0.39, 0.29) is 11.4 Å². The van der Waals surface area contributed by atoms with E-state index in [4.69, 9.17) is 5.14 Å². The lowest BCUT2D eigenvalue weighted by molar-refractivity contribution is 0.346. The minimum atomic E-state index is -3.72. The highest BCUT2D eigenvalue weighted by molar-refractivity contribution is 7.90. The maximum Gasteiger partial charge on any atom is 0.243 e. The van der Waals surface area contributed by atoms with Gasteiger partial charge in [-0.25, -0.2) is 22.0 Å². The van der Waals surface area contributed by atoms with Gasteiger partial charge in [0.2, 0.25) is 20.0 Å². The lowest BCUT2D eigenvalue weighted by Crippen LogP contribution is -2.47. The molecule has 21 heavy (non-hydrogen) atoms. The number of hydrogen-bond acceptors (Lipinski definition) is 4. The maximum atomic E-state index is 12.7. The largest absolute Gasteiger partial charge is 0.243 e. The van der Waals surface area contributed by atoms with E-state index in [2.05, 4.69) is 0 Å². The van der Waals surface area contributed by atoms with Crippen LogP contribution in [0.25, 0.3) is 0 Å².